The molecule has 3 aromatic rings. The molecule has 1 heterocycles. The molecule has 0 aliphatic carbocycles. The highest BCUT2D eigenvalue weighted by Crippen LogP contribution is 2.32. The SMILES string of the molecule is Cn1cc(C(=O)Nc2ccccc2-c2cc(F)c(F)cc2F)c(C(F)F)n1. The number of hydrogen-bond acceptors (Lipinski definition) is 2. The van der Waals surface area contributed by atoms with Crippen LogP contribution in [0.4, 0.5) is 27.6 Å². The summed E-state index contributed by atoms with van der Waals surface area (Å²) in [5, 5.41) is 5.93. The molecule has 1 amide bonds. The maximum absolute atomic E-state index is 14.1. The number of anilines is 1. The fraction of sp³-hybridized carbons (Fsp3) is 0.111. The summed E-state index contributed by atoms with van der Waals surface area (Å²) in [5.74, 6) is -4.55. The highest BCUT2D eigenvalue weighted by atomic mass is 19.3. The Kier molecular flexibility index (Phi) is 4.93. The number of amides is 1. The number of aryl methyl sites for hydroxylation is 1. The Bertz CT molecular complexity index is 1020. The zero-order chi connectivity index (χ0) is 19.7. The normalized spacial score (nSPS) is 11.1. The summed E-state index contributed by atoms with van der Waals surface area (Å²) in [6.45, 7) is 0. The molecular weight excluding hydrogens is 369 g/mol. The van der Waals surface area contributed by atoms with E-state index in [9.17, 15) is 26.7 Å². The van der Waals surface area contributed by atoms with E-state index < -0.39 is 35.5 Å². The van der Waals surface area contributed by atoms with Gasteiger partial charge in [0.05, 0.1) is 5.56 Å². The lowest BCUT2D eigenvalue weighted by Crippen LogP contribution is -2.14. The van der Waals surface area contributed by atoms with Crippen LogP contribution in [0.5, 0.6) is 0 Å². The van der Waals surface area contributed by atoms with E-state index in [1.54, 1.807) is 0 Å². The van der Waals surface area contributed by atoms with Crippen molar-refractivity contribution in [1.82, 2.24) is 9.78 Å². The lowest BCUT2D eigenvalue weighted by Gasteiger charge is -2.12. The van der Waals surface area contributed by atoms with Crippen LogP contribution in [0.15, 0.2) is 42.6 Å². The molecule has 27 heavy (non-hydrogen) atoms. The van der Waals surface area contributed by atoms with Crippen LogP contribution in [0.1, 0.15) is 22.5 Å². The van der Waals surface area contributed by atoms with Gasteiger partial charge in [-0.1, -0.05) is 18.2 Å². The smallest absolute Gasteiger partial charge is 0.282 e. The summed E-state index contributed by atoms with van der Waals surface area (Å²) in [6.07, 6.45) is -1.84. The molecule has 0 unspecified atom stereocenters. The van der Waals surface area contributed by atoms with Gasteiger partial charge in [-0.05, 0) is 12.1 Å². The van der Waals surface area contributed by atoms with Crippen LogP contribution in [0.3, 0.4) is 0 Å². The molecule has 1 aromatic heterocycles. The van der Waals surface area contributed by atoms with E-state index in [0.29, 0.717) is 12.1 Å². The van der Waals surface area contributed by atoms with Crippen LogP contribution in [0, 0.1) is 17.5 Å². The van der Waals surface area contributed by atoms with Crippen molar-refractivity contribution < 1.29 is 26.7 Å². The Morgan fingerprint density at radius 2 is 1.70 bits per heavy atom. The Morgan fingerprint density at radius 3 is 2.41 bits per heavy atom. The van der Waals surface area contributed by atoms with Crippen LogP contribution < -0.4 is 5.32 Å². The van der Waals surface area contributed by atoms with Gasteiger partial charge < -0.3 is 5.32 Å². The molecule has 0 fully saturated rings. The van der Waals surface area contributed by atoms with Gasteiger partial charge >= 0.3 is 0 Å². The third kappa shape index (κ3) is 3.67. The number of para-hydroxylation sites is 1. The van der Waals surface area contributed by atoms with Gasteiger partial charge in [0, 0.05) is 36.1 Å². The van der Waals surface area contributed by atoms with E-state index >= 15 is 0 Å². The summed E-state index contributed by atoms with van der Waals surface area (Å²) in [6, 6.07) is 6.81. The Morgan fingerprint density at radius 1 is 1.04 bits per heavy atom. The Balaban J connectivity index is 2.01. The van der Waals surface area contributed by atoms with Crippen LogP contribution in [0.2, 0.25) is 0 Å². The largest absolute Gasteiger partial charge is 0.321 e. The molecule has 3 rings (SSSR count). The van der Waals surface area contributed by atoms with E-state index in [2.05, 4.69) is 10.4 Å². The molecule has 0 radical (unpaired) electrons. The van der Waals surface area contributed by atoms with Crippen molar-refractivity contribution in [2.24, 2.45) is 7.05 Å². The number of nitrogens with zero attached hydrogens (tertiary/aromatic N) is 2. The van der Waals surface area contributed by atoms with E-state index in [0.717, 1.165) is 10.9 Å². The van der Waals surface area contributed by atoms with Gasteiger partial charge in [-0.15, -0.1) is 0 Å². The van der Waals surface area contributed by atoms with Crippen molar-refractivity contribution >= 4 is 11.6 Å². The molecule has 0 aliphatic rings. The number of benzene rings is 2. The van der Waals surface area contributed by atoms with Gasteiger partial charge in [-0.3, -0.25) is 9.48 Å². The van der Waals surface area contributed by atoms with Crippen molar-refractivity contribution in [1.29, 1.82) is 0 Å². The lowest BCUT2D eigenvalue weighted by molar-refractivity contribution is 0.101. The van der Waals surface area contributed by atoms with E-state index in [1.165, 1.54) is 31.3 Å². The summed E-state index contributed by atoms with van der Waals surface area (Å²) in [5.41, 5.74) is -1.24. The highest BCUT2D eigenvalue weighted by molar-refractivity contribution is 6.07. The average molecular weight is 381 g/mol. The number of carbonyl (C=O) groups is 1. The summed E-state index contributed by atoms with van der Waals surface area (Å²) in [7, 11) is 1.38. The molecule has 0 bridgehead atoms. The van der Waals surface area contributed by atoms with Gasteiger partial charge in [-0.2, -0.15) is 5.10 Å². The number of nitrogens with one attached hydrogen (secondary N) is 1. The number of aromatic nitrogens is 2. The maximum Gasteiger partial charge on any atom is 0.282 e. The van der Waals surface area contributed by atoms with Gasteiger partial charge in [0.25, 0.3) is 12.3 Å². The van der Waals surface area contributed by atoms with Gasteiger partial charge in [-0.25, -0.2) is 22.0 Å². The van der Waals surface area contributed by atoms with Crippen LogP contribution in [-0.4, -0.2) is 15.7 Å². The molecular formula is C18H12F5N3O. The monoisotopic (exact) mass is 381 g/mol. The predicted molar refractivity (Wildman–Crippen MR) is 87.9 cm³/mol. The van der Waals surface area contributed by atoms with Crippen molar-refractivity contribution in [3.05, 3.63) is 71.3 Å². The first-order chi connectivity index (χ1) is 12.8. The van der Waals surface area contributed by atoms with Crippen LogP contribution in [-0.2, 0) is 7.05 Å². The number of halogens is 5. The quantitative estimate of drug-likeness (QED) is 0.526. The molecule has 0 aliphatic heterocycles. The number of rotatable bonds is 4. The predicted octanol–water partition coefficient (Wildman–Crippen LogP) is 4.69. The lowest BCUT2D eigenvalue weighted by atomic mass is 10.0. The molecule has 1 N–H and O–H groups in total. The van der Waals surface area contributed by atoms with Crippen molar-refractivity contribution in [2.45, 2.75) is 6.43 Å². The highest BCUT2D eigenvalue weighted by Gasteiger charge is 2.23. The molecule has 9 heteroatoms. The van der Waals surface area contributed by atoms with Crippen molar-refractivity contribution in [3.8, 4) is 11.1 Å². The zero-order valence-electron chi connectivity index (χ0n) is 13.8. The van der Waals surface area contributed by atoms with Crippen LogP contribution >= 0.6 is 0 Å². The standard InChI is InChI=1S/C18H12F5N3O/c1-26-8-11(16(25-26)17(22)23)18(27)24-15-5-3-2-4-9(15)10-6-13(20)14(21)7-12(10)19/h2-8,17H,1H3,(H,24,27). The van der Waals surface area contributed by atoms with Crippen molar-refractivity contribution in [2.75, 3.05) is 5.32 Å². The summed E-state index contributed by atoms with van der Waals surface area (Å²) < 4.78 is 67.9. The molecule has 0 spiro atoms. The Labute approximate surface area is 150 Å². The zero-order valence-corrected chi connectivity index (χ0v) is 13.8. The van der Waals surface area contributed by atoms with E-state index in [1.807, 2.05) is 0 Å². The first kappa shape index (κ1) is 18.6. The summed E-state index contributed by atoms with van der Waals surface area (Å²) in [4.78, 5) is 12.4. The van der Waals surface area contributed by atoms with Crippen LogP contribution in [0.25, 0.3) is 11.1 Å². The molecule has 0 atom stereocenters. The maximum atomic E-state index is 14.1. The second-order valence-corrected chi connectivity index (χ2v) is 5.65. The minimum atomic E-state index is -2.97. The number of alkyl halides is 2. The third-order valence-corrected chi connectivity index (χ3v) is 3.78. The molecule has 4 nitrogen and oxygen atoms in total. The first-order valence-corrected chi connectivity index (χ1v) is 7.65. The molecule has 2 aromatic carbocycles. The van der Waals surface area contributed by atoms with Crippen molar-refractivity contribution in [3.63, 3.8) is 0 Å². The second-order valence-electron chi connectivity index (χ2n) is 5.65. The third-order valence-electron chi connectivity index (χ3n) is 3.78. The fourth-order valence-corrected chi connectivity index (χ4v) is 2.59. The first-order valence-electron chi connectivity index (χ1n) is 7.65. The summed E-state index contributed by atoms with van der Waals surface area (Å²) >= 11 is 0. The van der Waals surface area contributed by atoms with Gasteiger partial charge in [0.2, 0.25) is 0 Å². The molecule has 0 saturated carbocycles. The van der Waals surface area contributed by atoms with Gasteiger partial charge in [0.15, 0.2) is 11.6 Å². The molecule has 0 saturated heterocycles. The Hall–Kier alpha value is -3.23. The average Bonchev–Trinajstić information content (AvgIpc) is 3.01. The number of carbonyl (C=O) groups excluding carboxylic acids is 1. The minimum absolute atomic E-state index is 0.0384. The second kappa shape index (κ2) is 7.18. The number of hydrogen-bond donors (Lipinski definition) is 1. The minimum Gasteiger partial charge on any atom is -0.321 e. The molecule has 140 valence electrons. The van der Waals surface area contributed by atoms with E-state index in [4.69, 9.17) is 0 Å². The fourth-order valence-electron chi connectivity index (χ4n) is 2.59. The van der Waals surface area contributed by atoms with Gasteiger partial charge in [0.1, 0.15) is 11.5 Å². The van der Waals surface area contributed by atoms with E-state index in [-0.39, 0.29) is 22.4 Å². The topological polar surface area (TPSA) is 46.9 Å².